The minimum atomic E-state index is -0.852. The van der Waals surface area contributed by atoms with Gasteiger partial charge in [-0.2, -0.15) is 15.0 Å². The van der Waals surface area contributed by atoms with Crippen LogP contribution in [0.4, 0.5) is 14.6 Å². The van der Waals surface area contributed by atoms with E-state index in [0.29, 0.717) is 30.8 Å². The third-order valence-electron chi connectivity index (χ3n) is 6.67. The van der Waals surface area contributed by atoms with E-state index < -0.39 is 12.0 Å². The second kappa shape index (κ2) is 7.30. The van der Waals surface area contributed by atoms with E-state index >= 15 is 0 Å². The first kappa shape index (κ1) is 19.9. The molecule has 0 unspecified atom stereocenters. The third-order valence-corrected chi connectivity index (χ3v) is 6.92. The molecule has 2 saturated heterocycles. The summed E-state index contributed by atoms with van der Waals surface area (Å²) in [6, 6.07) is 0.0785. The lowest BCUT2D eigenvalue weighted by molar-refractivity contribution is 0.107. The molecule has 0 radical (unpaired) electrons. The quantitative estimate of drug-likeness (QED) is 0.676. The molecule has 162 valence electrons. The Balaban J connectivity index is 1.55. The fourth-order valence-electron chi connectivity index (χ4n) is 5.00. The fourth-order valence-corrected chi connectivity index (χ4v) is 5.17. The van der Waals surface area contributed by atoms with Gasteiger partial charge in [-0.1, -0.05) is 18.5 Å². The predicted molar refractivity (Wildman–Crippen MR) is 109 cm³/mol. The average Bonchev–Trinajstić information content (AvgIpc) is 3.20. The van der Waals surface area contributed by atoms with Gasteiger partial charge in [0.25, 0.3) is 0 Å². The third kappa shape index (κ3) is 3.05. The zero-order valence-corrected chi connectivity index (χ0v) is 17.8. The zero-order chi connectivity index (χ0) is 21.0. The van der Waals surface area contributed by atoms with Crippen LogP contribution in [0.25, 0.3) is 10.9 Å². The lowest BCUT2D eigenvalue weighted by atomic mass is 9.95. The molecule has 3 aliphatic rings. The number of aromatic nitrogens is 3. The summed E-state index contributed by atoms with van der Waals surface area (Å²) in [5.74, 6) is -0.0217. The van der Waals surface area contributed by atoms with E-state index in [1.165, 1.54) is 0 Å². The number of likely N-dealkylation sites (N-methyl/N-ethyl adjacent to an activating group) is 1. The first-order valence-electron chi connectivity index (χ1n) is 10.4. The fraction of sp³-hybridized carbons (Fsp3) is 0.650. The number of hydrogen-bond acceptors (Lipinski definition) is 7. The van der Waals surface area contributed by atoms with Gasteiger partial charge in [-0.25, -0.2) is 8.78 Å². The molecular weight excluding hydrogens is 416 g/mol. The molecule has 2 aromatic rings. The second-order valence-electron chi connectivity index (χ2n) is 8.42. The highest BCUT2D eigenvalue weighted by Crippen LogP contribution is 2.42. The highest BCUT2D eigenvalue weighted by atomic mass is 35.5. The predicted octanol–water partition coefficient (Wildman–Crippen LogP) is 3.38. The lowest BCUT2D eigenvalue weighted by Crippen LogP contribution is -2.43. The van der Waals surface area contributed by atoms with Gasteiger partial charge in [0.05, 0.1) is 11.6 Å². The van der Waals surface area contributed by atoms with Crippen molar-refractivity contribution < 1.29 is 18.3 Å². The van der Waals surface area contributed by atoms with Crippen molar-refractivity contribution in [3.05, 3.63) is 11.0 Å². The summed E-state index contributed by atoms with van der Waals surface area (Å²) in [5.41, 5.74) is -0.323. The second-order valence-corrected chi connectivity index (χ2v) is 8.78. The number of fused-ring (bicyclic) bond motifs is 1. The lowest BCUT2D eigenvalue weighted by Gasteiger charge is -2.31. The van der Waals surface area contributed by atoms with E-state index in [2.05, 4.69) is 19.9 Å². The first-order chi connectivity index (χ1) is 14.4. The van der Waals surface area contributed by atoms with Crippen molar-refractivity contribution in [1.29, 1.82) is 0 Å². The van der Waals surface area contributed by atoms with Gasteiger partial charge >= 0.3 is 6.01 Å². The Kier molecular flexibility index (Phi) is 4.85. The highest BCUT2D eigenvalue weighted by molar-refractivity contribution is 6.30. The summed E-state index contributed by atoms with van der Waals surface area (Å²) in [4.78, 5) is 17.0. The summed E-state index contributed by atoms with van der Waals surface area (Å²) in [6.07, 6.45) is 2.27. The van der Waals surface area contributed by atoms with Crippen LogP contribution in [0.3, 0.4) is 0 Å². The van der Waals surface area contributed by atoms with Crippen molar-refractivity contribution >= 4 is 28.3 Å². The van der Waals surface area contributed by atoms with Crippen LogP contribution in [0.1, 0.15) is 32.6 Å². The molecule has 2 aromatic heterocycles. The van der Waals surface area contributed by atoms with Gasteiger partial charge in [0.15, 0.2) is 11.0 Å². The molecule has 5 heterocycles. The number of halogens is 3. The van der Waals surface area contributed by atoms with Crippen LogP contribution in [-0.4, -0.2) is 71.0 Å². The Labute approximate surface area is 178 Å². The van der Waals surface area contributed by atoms with E-state index in [0.717, 1.165) is 25.8 Å². The maximum absolute atomic E-state index is 14.9. The molecule has 5 rings (SSSR count). The maximum atomic E-state index is 14.9. The molecular formula is C20H24ClF2N5O2. The standard InChI is InChI=1S/C20H24ClF2N5O2/c1-3-12-9-29-18-13-15(14(23)16(21)25-18)24-19(26-17(13)27(12)2)30-10-20-5-4-6-28(20)8-11(22)7-20/h11-12H,3-10H2,1-2H3/t11-,12+,20+/m1/s1. The van der Waals surface area contributed by atoms with Crippen molar-refractivity contribution in [2.75, 3.05) is 38.3 Å². The van der Waals surface area contributed by atoms with E-state index in [9.17, 15) is 8.78 Å². The summed E-state index contributed by atoms with van der Waals surface area (Å²) in [7, 11) is 1.88. The number of rotatable bonds is 4. The summed E-state index contributed by atoms with van der Waals surface area (Å²) < 4.78 is 40.7. The summed E-state index contributed by atoms with van der Waals surface area (Å²) >= 11 is 6.00. The molecule has 0 spiro atoms. The SMILES string of the molecule is CC[C@H]1COc2nc(Cl)c(F)c3nc(OC[C@@]45CCCN4C[C@H](F)C5)nc(c23)N1C. The number of nitrogens with zero attached hydrogens (tertiary/aromatic N) is 5. The summed E-state index contributed by atoms with van der Waals surface area (Å²) in [5, 5.41) is 0.0790. The highest BCUT2D eigenvalue weighted by Gasteiger charge is 2.49. The molecule has 7 nitrogen and oxygen atoms in total. The first-order valence-corrected chi connectivity index (χ1v) is 10.7. The van der Waals surface area contributed by atoms with Gasteiger partial charge in [0.2, 0.25) is 5.88 Å². The minimum absolute atomic E-state index is 0.0178. The Hall–Kier alpha value is -2.00. The van der Waals surface area contributed by atoms with Gasteiger partial charge < -0.3 is 14.4 Å². The molecule has 3 atom stereocenters. The van der Waals surface area contributed by atoms with Crippen molar-refractivity contribution in [2.24, 2.45) is 0 Å². The zero-order valence-electron chi connectivity index (χ0n) is 17.0. The maximum Gasteiger partial charge on any atom is 0.319 e. The smallest absolute Gasteiger partial charge is 0.319 e. The van der Waals surface area contributed by atoms with E-state index in [1.54, 1.807) is 0 Å². The molecule has 0 bridgehead atoms. The van der Waals surface area contributed by atoms with Crippen molar-refractivity contribution in [2.45, 2.75) is 50.4 Å². The Bertz CT molecular complexity index is 996. The van der Waals surface area contributed by atoms with E-state index in [4.69, 9.17) is 21.1 Å². The van der Waals surface area contributed by atoms with Gasteiger partial charge in [-0.3, -0.25) is 4.90 Å². The van der Waals surface area contributed by atoms with Crippen molar-refractivity contribution in [3.8, 4) is 11.9 Å². The minimum Gasteiger partial charge on any atom is -0.475 e. The van der Waals surface area contributed by atoms with Crippen LogP contribution in [0, 0.1) is 5.82 Å². The van der Waals surface area contributed by atoms with Crippen LogP contribution < -0.4 is 14.4 Å². The van der Waals surface area contributed by atoms with Crippen molar-refractivity contribution in [1.82, 2.24) is 19.9 Å². The van der Waals surface area contributed by atoms with Crippen LogP contribution in [-0.2, 0) is 0 Å². The molecule has 0 saturated carbocycles. The topological polar surface area (TPSA) is 63.6 Å². The molecule has 30 heavy (non-hydrogen) atoms. The molecule has 10 heteroatoms. The normalized spacial score (nSPS) is 28.5. The number of anilines is 1. The Morgan fingerprint density at radius 2 is 2.17 bits per heavy atom. The molecule has 0 aliphatic carbocycles. The van der Waals surface area contributed by atoms with Crippen LogP contribution in [0.2, 0.25) is 5.15 Å². The van der Waals surface area contributed by atoms with Crippen LogP contribution >= 0.6 is 11.6 Å². The van der Waals surface area contributed by atoms with E-state index in [1.807, 2.05) is 18.9 Å². The number of hydrogen-bond donors (Lipinski definition) is 0. The number of ether oxygens (including phenoxy) is 2. The van der Waals surface area contributed by atoms with Gasteiger partial charge in [-0.05, 0) is 25.8 Å². The largest absolute Gasteiger partial charge is 0.475 e. The molecule has 2 fully saturated rings. The van der Waals surface area contributed by atoms with Crippen LogP contribution in [0.5, 0.6) is 11.9 Å². The van der Waals surface area contributed by atoms with E-state index in [-0.39, 0.29) is 40.7 Å². The van der Waals surface area contributed by atoms with Gasteiger partial charge in [0, 0.05) is 20.0 Å². The Morgan fingerprint density at radius 3 is 2.97 bits per heavy atom. The number of pyridine rings is 1. The van der Waals surface area contributed by atoms with Gasteiger partial charge in [0.1, 0.15) is 36.1 Å². The molecule has 0 amide bonds. The van der Waals surface area contributed by atoms with Crippen molar-refractivity contribution in [3.63, 3.8) is 0 Å². The Morgan fingerprint density at radius 1 is 1.33 bits per heavy atom. The molecule has 0 aromatic carbocycles. The molecule has 0 N–H and O–H groups in total. The number of alkyl halides is 1. The molecule has 3 aliphatic heterocycles. The van der Waals surface area contributed by atoms with Crippen LogP contribution in [0.15, 0.2) is 0 Å². The average molecular weight is 440 g/mol. The van der Waals surface area contributed by atoms with Gasteiger partial charge in [-0.15, -0.1) is 0 Å². The monoisotopic (exact) mass is 439 g/mol. The summed E-state index contributed by atoms with van der Waals surface area (Å²) in [6.45, 7) is 3.98.